The number of allylic oxidation sites excluding steroid dienone is 14. The zero-order valence-electron chi connectivity index (χ0n) is 55.2. The highest BCUT2D eigenvalue weighted by atomic mass is 16.6. The Kier molecular flexibility index (Phi) is 68.2. The van der Waals surface area contributed by atoms with Crippen molar-refractivity contribution in [1.29, 1.82) is 0 Å². The van der Waals surface area contributed by atoms with Gasteiger partial charge in [0, 0.05) is 19.3 Å². The van der Waals surface area contributed by atoms with Gasteiger partial charge in [0.2, 0.25) is 0 Å². The fourth-order valence-electron chi connectivity index (χ4n) is 10.5. The lowest BCUT2D eigenvalue weighted by molar-refractivity contribution is -0.167. The van der Waals surface area contributed by atoms with Crippen LogP contribution in [0.1, 0.15) is 367 Å². The van der Waals surface area contributed by atoms with Crippen LogP contribution in [0.2, 0.25) is 0 Å². The summed E-state index contributed by atoms with van der Waals surface area (Å²) in [5.74, 6) is -0.865. The van der Waals surface area contributed by atoms with E-state index in [4.69, 9.17) is 14.2 Å². The zero-order valence-corrected chi connectivity index (χ0v) is 55.2. The first-order valence-electron chi connectivity index (χ1n) is 36.1. The van der Waals surface area contributed by atoms with Gasteiger partial charge in [-0.25, -0.2) is 0 Å². The lowest BCUT2D eigenvalue weighted by Gasteiger charge is -2.18. The molecule has 0 aromatic rings. The van der Waals surface area contributed by atoms with Gasteiger partial charge in [-0.1, -0.05) is 337 Å². The summed E-state index contributed by atoms with van der Waals surface area (Å²) in [6.45, 7) is 6.54. The number of rotatable bonds is 66. The number of ether oxygens (including phenoxy) is 3. The van der Waals surface area contributed by atoms with Gasteiger partial charge in [0.15, 0.2) is 6.10 Å². The lowest BCUT2D eigenvalue weighted by atomic mass is 10.0. The van der Waals surface area contributed by atoms with E-state index in [-0.39, 0.29) is 31.1 Å². The molecule has 0 aromatic carbocycles. The van der Waals surface area contributed by atoms with Crippen LogP contribution >= 0.6 is 0 Å². The average molecular weight is 1160 g/mol. The summed E-state index contributed by atoms with van der Waals surface area (Å²) in [6, 6.07) is 0. The first-order chi connectivity index (χ1) is 41.0. The van der Waals surface area contributed by atoms with E-state index in [1.807, 2.05) is 0 Å². The molecule has 6 heteroatoms. The second kappa shape index (κ2) is 71.1. The first kappa shape index (κ1) is 79.6. The van der Waals surface area contributed by atoms with Gasteiger partial charge in [-0.15, -0.1) is 0 Å². The molecule has 0 heterocycles. The van der Waals surface area contributed by atoms with Crippen LogP contribution in [0.5, 0.6) is 0 Å². The first-order valence-corrected chi connectivity index (χ1v) is 36.1. The Morgan fingerprint density at radius 3 is 0.735 bits per heavy atom. The number of unbranched alkanes of at least 4 members (excludes halogenated alkanes) is 41. The molecule has 0 aliphatic rings. The monoisotopic (exact) mass is 1160 g/mol. The van der Waals surface area contributed by atoms with Crippen LogP contribution in [-0.4, -0.2) is 37.2 Å². The van der Waals surface area contributed by atoms with Crippen molar-refractivity contribution < 1.29 is 28.6 Å². The van der Waals surface area contributed by atoms with E-state index in [9.17, 15) is 14.4 Å². The van der Waals surface area contributed by atoms with Gasteiger partial charge in [0.05, 0.1) is 0 Å². The van der Waals surface area contributed by atoms with Crippen molar-refractivity contribution in [2.24, 2.45) is 0 Å². The minimum absolute atomic E-state index is 0.0744. The smallest absolute Gasteiger partial charge is 0.306 e. The van der Waals surface area contributed by atoms with Crippen LogP contribution in [0.3, 0.4) is 0 Å². The SMILES string of the molecule is CC/C=C\C/C=C\C/C=C\C/C=C\C/C=C\CCCCCCCCCCCC(=O)OC(COC(=O)CCCCCCCCCCC)COC(=O)CCCCCCCCCCCCCCCCCCCCC/C=C\C/C=C\CCCCCCC. The van der Waals surface area contributed by atoms with E-state index >= 15 is 0 Å². The normalized spacial score (nSPS) is 12.6. The maximum atomic E-state index is 12.9. The van der Waals surface area contributed by atoms with Crippen LogP contribution in [0.25, 0.3) is 0 Å². The molecule has 0 amide bonds. The summed E-state index contributed by atoms with van der Waals surface area (Å²) in [5, 5.41) is 0. The van der Waals surface area contributed by atoms with Crippen molar-refractivity contribution >= 4 is 17.9 Å². The van der Waals surface area contributed by atoms with Gasteiger partial charge in [0.1, 0.15) is 13.2 Å². The minimum atomic E-state index is -0.778. The van der Waals surface area contributed by atoms with E-state index in [2.05, 4.69) is 106 Å². The molecular weight excluding hydrogens is 1020 g/mol. The minimum Gasteiger partial charge on any atom is -0.462 e. The molecule has 0 bridgehead atoms. The van der Waals surface area contributed by atoms with Gasteiger partial charge in [-0.2, -0.15) is 0 Å². The zero-order chi connectivity index (χ0) is 59.9. The summed E-state index contributed by atoms with van der Waals surface area (Å²) in [7, 11) is 0. The molecule has 1 atom stereocenters. The molecule has 0 N–H and O–H groups in total. The second-order valence-corrected chi connectivity index (χ2v) is 24.1. The third-order valence-corrected chi connectivity index (χ3v) is 15.9. The van der Waals surface area contributed by atoms with Gasteiger partial charge in [0.25, 0.3) is 0 Å². The third-order valence-electron chi connectivity index (χ3n) is 15.9. The van der Waals surface area contributed by atoms with E-state index in [0.29, 0.717) is 19.3 Å². The molecule has 0 fully saturated rings. The summed E-state index contributed by atoms with van der Waals surface area (Å²) in [5.41, 5.74) is 0. The largest absolute Gasteiger partial charge is 0.462 e. The third kappa shape index (κ3) is 69.3. The Hall–Kier alpha value is -3.41. The van der Waals surface area contributed by atoms with Crippen molar-refractivity contribution in [3.8, 4) is 0 Å². The van der Waals surface area contributed by atoms with Crippen molar-refractivity contribution in [2.45, 2.75) is 374 Å². The number of carbonyl (C=O) groups is 3. The van der Waals surface area contributed by atoms with Crippen molar-refractivity contribution in [2.75, 3.05) is 13.2 Å². The quantitative estimate of drug-likeness (QED) is 0.0261. The van der Waals surface area contributed by atoms with Crippen LogP contribution in [0.15, 0.2) is 85.1 Å². The number of carbonyl (C=O) groups excluding carboxylic acids is 3. The Labute approximate surface area is 515 Å². The highest BCUT2D eigenvalue weighted by molar-refractivity contribution is 5.71. The van der Waals surface area contributed by atoms with Crippen LogP contribution in [-0.2, 0) is 28.6 Å². The molecule has 0 aliphatic heterocycles. The molecule has 1 unspecified atom stereocenters. The van der Waals surface area contributed by atoms with Gasteiger partial charge in [-0.05, 0) is 96.3 Å². The highest BCUT2D eigenvalue weighted by Crippen LogP contribution is 2.18. The van der Waals surface area contributed by atoms with Crippen molar-refractivity contribution in [3.05, 3.63) is 85.1 Å². The van der Waals surface area contributed by atoms with Crippen molar-refractivity contribution in [1.82, 2.24) is 0 Å². The fraction of sp³-hybridized carbons (Fsp3) is 0.779. The molecule has 6 nitrogen and oxygen atoms in total. The average Bonchev–Trinajstić information content (AvgIpc) is 3.49. The fourth-order valence-corrected chi connectivity index (χ4v) is 10.5. The molecule has 0 radical (unpaired) electrons. The Balaban J connectivity index is 4.12. The van der Waals surface area contributed by atoms with E-state index in [1.54, 1.807) is 0 Å². The maximum absolute atomic E-state index is 12.9. The molecule has 83 heavy (non-hydrogen) atoms. The Morgan fingerprint density at radius 2 is 0.470 bits per heavy atom. The van der Waals surface area contributed by atoms with E-state index in [0.717, 1.165) is 103 Å². The van der Waals surface area contributed by atoms with Crippen LogP contribution in [0, 0.1) is 0 Å². The number of hydrogen-bond acceptors (Lipinski definition) is 6. The van der Waals surface area contributed by atoms with Crippen molar-refractivity contribution in [3.63, 3.8) is 0 Å². The molecule has 0 saturated heterocycles. The predicted octanol–water partition coefficient (Wildman–Crippen LogP) is 25.0. The molecular formula is C77H136O6. The Bertz CT molecular complexity index is 1570. The number of esters is 3. The van der Waals surface area contributed by atoms with Crippen LogP contribution in [0.4, 0.5) is 0 Å². The van der Waals surface area contributed by atoms with E-state index in [1.165, 1.54) is 225 Å². The molecule has 0 aliphatic carbocycles. The van der Waals surface area contributed by atoms with Gasteiger partial charge < -0.3 is 14.2 Å². The standard InChI is InChI=1S/C77H136O6/c1-4-7-10-13-16-19-21-23-25-27-29-31-33-35-36-37-38-39-40-42-43-45-47-49-51-53-55-58-61-64-67-70-76(79)82-73-74(72-81-75(78)69-66-63-60-57-18-15-12-9-6-3)83-77(80)71-68-65-62-59-56-54-52-50-48-46-44-41-34-32-30-28-26-24-22-20-17-14-11-8-5-2/h8,11,17,20-21,23-24,26-27,29-30,32,41,44,74H,4-7,9-10,12-16,18-19,22,25,28,31,33-40,42-43,45-73H2,1-3H3/b11-8-,20-17-,23-21-,26-24-,29-27-,32-30-,44-41-. The molecule has 0 aromatic heterocycles. The number of hydrogen-bond donors (Lipinski definition) is 0. The van der Waals surface area contributed by atoms with E-state index < -0.39 is 6.10 Å². The molecule has 480 valence electrons. The Morgan fingerprint density at radius 1 is 0.253 bits per heavy atom. The summed E-state index contributed by atoms with van der Waals surface area (Å²) < 4.78 is 16.9. The lowest BCUT2D eigenvalue weighted by Crippen LogP contribution is -2.30. The van der Waals surface area contributed by atoms with Gasteiger partial charge in [-0.3, -0.25) is 14.4 Å². The maximum Gasteiger partial charge on any atom is 0.306 e. The second-order valence-electron chi connectivity index (χ2n) is 24.1. The molecule has 0 saturated carbocycles. The topological polar surface area (TPSA) is 78.9 Å². The summed E-state index contributed by atoms with van der Waals surface area (Å²) in [4.78, 5) is 38.3. The summed E-state index contributed by atoms with van der Waals surface area (Å²) in [6.07, 6.45) is 94.9. The molecule has 0 spiro atoms. The van der Waals surface area contributed by atoms with Gasteiger partial charge >= 0.3 is 17.9 Å². The highest BCUT2D eigenvalue weighted by Gasteiger charge is 2.19. The van der Waals surface area contributed by atoms with Crippen LogP contribution < -0.4 is 0 Å². The predicted molar refractivity (Wildman–Crippen MR) is 362 cm³/mol. The molecule has 0 rings (SSSR count). The summed E-state index contributed by atoms with van der Waals surface area (Å²) >= 11 is 0.